The summed E-state index contributed by atoms with van der Waals surface area (Å²) in [5.41, 5.74) is 0.397. The van der Waals surface area contributed by atoms with Crippen molar-refractivity contribution in [3.8, 4) is 0 Å². The van der Waals surface area contributed by atoms with Crippen molar-refractivity contribution in [2.75, 3.05) is 6.54 Å². The SMILES string of the molecule is O=C(NCCc1ccc(Cl)s1)c1cc(Cl)nc(Cl)c1. The van der Waals surface area contributed by atoms with Crippen LogP contribution in [0.5, 0.6) is 0 Å². The normalized spacial score (nSPS) is 10.5. The lowest BCUT2D eigenvalue weighted by Crippen LogP contribution is -2.25. The minimum atomic E-state index is -0.228. The molecular weight excluding hydrogens is 327 g/mol. The first kappa shape index (κ1) is 14.6. The first-order valence-corrected chi connectivity index (χ1v) is 7.35. The predicted octanol–water partition coefficient (Wildman–Crippen LogP) is 4.08. The molecule has 0 saturated carbocycles. The number of rotatable bonds is 4. The molecule has 0 unspecified atom stereocenters. The van der Waals surface area contributed by atoms with E-state index in [4.69, 9.17) is 34.8 Å². The molecule has 0 aliphatic carbocycles. The number of aromatic nitrogens is 1. The van der Waals surface area contributed by atoms with Crippen LogP contribution in [0.15, 0.2) is 24.3 Å². The number of pyridine rings is 1. The van der Waals surface area contributed by atoms with Crippen molar-refractivity contribution in [1.29, 1.82) is 0 Å². The van der Waals surface area contributed by atoms with E-state index in [0.717, 1.165) is 15.6 Å². The van der Waals surface area contributed by atoms with Crippen LogP contribution >= 0.6 is 46.1 Å². The van der Waals surface area contributed by atoms with E-state index in [1.807, 2.05) is 12.1 Å². The number of carbonyl (C=O) groups is 1. The number of nitrogens with one attached hydrogen (secondary N) is 1. The molecule has 0 bridgehead atoms. The van der Waals surface area contributed by atoms with Crippen molar-refractivity contribution in [3.05, 3.63) is 49.3 Å². The maximum atomic E-state index is 11.9. The first-order chi connectivity index (χ1) is 9.04. The Kier molecular flexibility index (Phi) is 5.05. The zero-order valence-corrected chi connectivity index (χ0v) is 12.7. The molecule has 7 heteroatoms. The summed E-state index contributed by atoms with van der Waals surface area (Å²) in [5.74, 6) is -0.228. The van der Waals surface area contributed by atoms with Crippen molar-refractivity contribution in [2.45, 2.75) is 6.42 Å². The molecular formula is C12H9Cl3N2OS. The summed E-state index contributed by atoms with van der Waals surface area (Å²) in [6.45, 7) is 0.521. The van der Waals surface area contributed by atoms with E-state index in [2.05, 4.69) is 10.3 Å². The Balaban J connectivity index is 1.90. The second kappa shape index (κ2) is 6.57. The third-order valence-corrected chi connectivity index (χ3v) is 3.99. The highest BCUT2D eigenvalue weighted by Gasteiger charge is 2.08. The first-order valence-electron chi connectivity index (χ1n) is 5.40. The number of nitrogens with zero attached hydrogens (tertiary/aromatic N) is 1. The van der Waals surface area contributed by atoms with Gasteiger partial charge in [0.15, 0.2) is 0 Å². The molecule has 1 amide bonds. The monoisotopic (exact) mass is 334 g/mol. The van der Waals surface area contributed by atoms with E-state index >= 15 is 0 Å². The highest BCUT2D eigenvalue weighted by atomic mass is 35.5. The molecule has 2 aromatic heterocycles. The van der Waals surface area contributed by atoms with Crippen molar-refractivity contribution in [2.24, 2.45) is 0 Å². The van der Waals surface area contributed by atoms with Gasteiger partial charge < -0.3 is 5.32 Å². The maximum Gasteiger partial charge on any atom is 0.251 e. The van der Waals surface area contributed by atoms with Crippen LogP contribution in [0.3, 0.4) is 0 Å². The van der Waals surface area contributed by atoms with Gasteiger partial charge in [-0.1, -0.05) is 34.8 Å². The van der Waals surface area contributed by atoms with Crippen LogP contribution < -0.4 is 5.32 Å². The molecule has 0 aliphatic rings. The molecule has 0 aromatic carbocycles. The van der Waals surface area contributed by atoms with Crippen LogP contribution in [0, 0.1) is 0 Å². The largest absolute Gasteiger partial charge is 0.352 e. The molecule has 2 rings (SSSR count). The third kappa shape index (κ3) is 4.35. The number of amides is 1. The summed E-state index contributed by atoms with van der Waals surface area (Å²) in [5, 5.41) is 3.18. The minimum absolute atomic E-state index is 0.197. The fourth-order valence-corrected chi connectivity index (χ4v) is 3.03. The van der Waals surface area contributed by atoms with Gasteiger partial charge in [-0.2, -0.15) is 0 Å². The van der Waals surface area contributed by atoms with E-state index in [0.29, 0.717) is 12.1 Å². The number of carbonyl (C=O) groups excluding carboxylic acids is 1. The lowest BCUT2D eigenvalue weighted by Gasteiger charge is -2.05. The standard InChI is InChI=1S/C12H9Cl3N2OS/c13-9-5-7(6-10(14)17-9)12(18)16-4-3-8-1-2-11(15)19-8/h1-2,5-6H,3-4H2,(H,16,18). The molecule has 2 aromatic rings. The molecule has 2 heterocycles. The van der Waals surface area contributed by atoms with E-state index < -0.39 is 0 Å². The number of hydrogen-bond acceptors (Lipinski definition) is 3. The molecule has 0 atom stereocenters. The van der Waals surface area contributed by atoms with Crippen LogP contribution in [-0.4, -0.2) is 17.4 Å². The molecule has 0 radical (unpaired) electrons. The van der Waals surface area contributed by atoms with Crippen molar-refractivity contribution in [1.82, 2.24) is 10.3 Å². The minimum Gasteiger partial charge on any atom is -0.352 e. The third-order valence-electron chi connectivity index (χ3n) is 2.31. The average molecular weight is 336 g/mol. The van der Waals surface area contributed by atoms with Gasteiger partial charge in [0.25, 0.3) is 5.91 Å². The molecule has 0 spiro atoms. The van der Waals surface area contributed by atoms with Gasteiger partial charge in [-0.25, -0.2) is 4.98 Å². The summed E-state index contributed by atoms with van der Waals surface area (Å²) in [4.78, 5) is 16.8. The van der Waals surface area contributed by atoms with Gasteiger partial charge in [-0.05, 0) is 30.7 Å². The van der Waals surface area contributed by atoms with Crippen molar-refractivity contribution in [3.63, 3.8) is 0 Å². The Hall–Kier alpha value is -0.810. The average Bonchev–Trinajstić information content (AvgIpc) is 2.73. The molecule has 19 heavy (non-hydrogen) atoms. The second-order valence-electron chi connectivity index (χ2n) is 3.71. The number of hydrogen-bond donors (Lipinski definition) is 1. The van der Waals surface area contributed by atoms with E-state index in [9.17, 15) is 4.79 Å². The Labute approximate surface area is 129 Å². The zero-order chi connectivity index (χ0) is 13.8. The molecule has 100 valence electrons. The topological polar surface area (TPSA) is 42.0 Å². The summed E-state index contributed by atoms with van der Waals surface area (Å²) < 4.78 is 0.744. The lowest BCUT2D eigenvalue weighted by atomic mass is 10.2. The maximum absolute atomic E-state index is 11.9. The van der Waals surface area contributed by atoms with E-state index in [1.54, 1.807) is 0 Å². The van der Waals surface area contributed by atoms with Crippen molar-refractivity contribution >= 4 is 52.0 Å². The summed E-state index contributed by atoms with van der Waals surface area (Å²) >= 11 is 18.8. The van der Waals surface area contributed by atoms with E-state index in [1.165, 1.54) is 23.5 Å². The molecule has 0 saturated heterocycles. The van der Waals surface area contributed by atoms with Crippen LogP contribution in [-0.2, 0) is 6.42 Å². The van der Waals surface area contributed by atoms with Gasteiger partial charge >= 0.3 is 0 Å². The van der Waals surface area contributed by atoms with Crippen LogP contribution in [0.4, 0.5) is 0 Å². The van der Waals surface area contributed by atoms with E-state index in [-0.39, 0.29) is 16.2 Å². The van der Waals surface area contributed by atoms with Crippen LogP contribution in [0.2, 0.25) is 14.6 Å². The molecule has 1 N–H and O–H groups in total. The Morgan fingerprint density at radius 1 is 1.21 bits per heavy atom. The molecule has 0 fully saturated rings. The Bertz CT molecular complexity index is 580. The summed E-state index contributed by atoms with van der Waals surface area (Å²) in [6.07, 6.45) is 0.732. The van der Waals surface area contributed by atoms with Gasteiger partial charge in [-0.15, -0.1) is 11.3 Å². The second-order valence-corrected chi connectivity index (χ2v) is 6.29. The quantitative estimate of drug-likeness (QED) is 0.856. The predicted molar refractivity (Wildman–Crippen MR) is 79.6 cm³/mol. The van der Waals surface area contributed by atoms with Gasteiger partial charge in [0, 0.05) is 17.0 Å². The molecule has 0 aliphatic heterocycles. The number of thiophene rings is 1. The lowest BCUT2D eigenvalue weighted by molar-refractivity contribution is 0.0954. The van der Waals surface area contributed by atoms with Gasteiger partial charge in [-0.3, -0.25) is 4.79 Å². The fourth-order valence-electron chi connectivity index (χ4n) is 1.48. The summed E-state index contributed by atoms with van der Waals surface area (Å²) in [6, 6.07) is 6.74. The highest BCUT2D eigenvalue weighted by molar-refractivity contribution is 7.16. The highest BCUT2D eigenvalue weighted by Crippen LogP contribution is 2.21. The fraction of sp³-hybridized carbons (Fsp3) is 0.167. The summed E-state index contributed by atoms with van der Waals surface area (Å²) in [7, 11) is 0. The Morgan fingerprint density at radius 2 is 1.89 bits per heavy atom. The zero-order valence-electron chi connectivity index (χ0n) is 9.62. The van der Waals surface area contributed by atoms with Crippen molar-refractivity contribution < 1.29 is 4.79 Å². The molecule has 3 nitrogen and oxygen atoms in total. The Morgan fingerprint density at radius 3 is 2.47 bits per heavy atom. The van der Waals surface area contributed by atoms with Gasteiger partial charge in [0.1, 0.15) is 10.3 Å². The van der Waals surface area contributed by atoms with Crippen LogP contribution in [0.1, 0.15) is 15.2 Å². The van der Waals surface area contributed by atoms with Crippen LogP contribution in [0.25, 0.3) is 0 Å². The van der Waals surface area contributed by atoms with Gasteiger partial charge in [0.2, 0.25) is 0 Å². The number of halogens is 3. The van der Waals surface area contributed by atoms with Gasteiger partial charge in [0.05, 0.1) is 4.34 Å². The smallest absolute Gasteiger partial charge is 0.251 e.